The third-order valence-corrected chi connectivity index (χ3v) is 2.39. The van der Waals surface area contributed by atoms with Gasteiger partial charge < -0.3 is 15.5 Å². The third kappa shape index (κ3) is 4.32. The van der Waals surface area contributed by atoms with E-state index in [0.717, 1.165) is 0 Å². The molecule has 0 unspecified atom stereocenters. The summed E-state index contributed by atoms with van der Waals surface area (Å²) >= 11 is 0. The zero-order valence-electron chi connectivity index (χ0n) is 11.7. The number of amides is 1. The minimum atomic E-state index is -0.620. The standard InChI is InChI=1S/C11H20N6O2/c1-11(2,3)17(5-6-19-4)16-15-10-8(9(12)18)13-7-14-10/h7H,5-6H2,1-4H3,(H2,12,18)(H,13,14). The van der Waals surface area contributed by atoms with Gasteiger partial charge in [-0.2, -0.15) is 0 Å². The number of nitrogens with zero attached hydrogens (tertiary/aromatic N) is 4. The van der Waals surface area contributed by atoms with Crippen LogP contribution in [0, 0.1) is 0 Å². The molecular formula is C11H20N6O2. The van der Waals surface area contributed by atoms with Crippen molar-refractivity contribution in [1.82, 2.24) is 15.0 Å². The SMILES string of the molecule is COCCN(N=Nc1nc[nH]c1C(N)=O)C(C)(C)C. The van der Waals surface area contributed by atoms with E-state index in [-0.39, 0.29) is 17.1 Å². The van der Waals surface area contributed by atoms with Crippen molar-refractivity contribution < 1.29 is 9.53 Å². The van der Waals surface area contributed by atoms with Crippen LogP contribution in [0.15, 0.2) is 16.7 Å². The van der Waals surface area contributed by atoms with Crippen LogP contribution < -0.4 is 5.73 Å². The zero-order chi connectivity index (χ0) is 14.5. The molecule has 0 aliphatic heterocycles. The molecule has 0 radical (unpaired) electrons. The highest BCUT2D eigenvalue weighted by molar-refractivity contribution is 5.94. The van der Waals surface area contributed by atoms with E-state index in [2.05, 4.69) is 20.3 Å². The van der Waals surface area contributed by atoms with Gasteiger partial charge in [0.25, 0.3) is 5.91 Å². The number of carbonyl (C=O) groups excluding carboxylic acids is 1. The number of aromatic amines is 1. The maximum absolute atomic E-state index is 11.1. The molecule has 0 aliphatic carbocycles. The first kappa shape index (κ1) is 15.1. The summed E-state index contributed by atoms with van der Waals surface area (Å²) in [4.78, 5) is 17.6. The Kier molecular flexibility index (Phi) is 4.99. The lowest BCUT2D eigenvalue weighted by Gasteiger charge is -2.31. The molecule has 1 aromatic heterocycles. The number of nitrogens with two attached hydrogens (primary N) is 1. The predicted octanol–water partition coefficient (Wildman–Crippen LogP) is 1.25. The molecule has 0 spiro atoms. The van der Waals surface area contributed by atoms with Gasteiger partial charge in [-0.25, -0.2) is 4.98 Å². The van der Waals surface area contributed by atoms with Crippen molar-refractivity contribution in [3.05, 3.63) is 12.0 Å². The van der Waals surface area contributed by atoms with E-state index in [1.54, 1.807) is 12.1 Å². The molecule has 0 fully saturated rings. The van der Waals surface area contributed by atoms with E-state index in [4.69, 9.17) is 10.5 Å². The van der Waals surface area contributed by atoms with Crippen LogP contribution in [0.5, 0.6) is 0 Å². The molecule has 0 atom stereocenters. The third-order valence-electron chi connectivity index (χ3n) is 2.39. The fourth-order valence-electron chi connectivity index (χ4n) is 1.33. The number of nitrogens with one attached hydrogen (secondary N) is 1. The number of primary amides is 1. The smallest absolute Gasteiger partial charge is 0.269 e. The van der Waals surface area contributed by atoms with Crippen LogP contribution in [-0.2, 0) is 4.74 Å². The molecule has 1 amide bonds. The van der Waals surface area contributed by atoms with Crippen LogP contribution in [0.2, 0.25) is 0 Å². The van der Waals surface area contributed by atoms with E-state index in [1.807, 2.05) is 20.8 Å². The van der Waals surface area contributed by atoms with Crippen molar-refractivity contribution >= 4 is 11.7 Å². The van der Waals surface area contributed by atoms with Gasteiger partial charge in [-0.05, 0) is 20.8 Å². The van der Waals surface area contributed by atoms with Crippen LogP contribution >= 0.6 is 0 Å². The average Bonchev–Trinajstić information content (AvgIpc) is 2.75. The summed E-state index contributed by atoms with van der Waals surface area (Å²) in [5.74, 6) is -0.440. The number of hydrogen-bond donors (Lipinski definition) is 2. The predicted molar refractivity (Wildman–Crippen MR) is 70.0 cm³/mol. The summed E-state index contributed by atoms with van der Waals surface area (Å²) in [5, 5.41) is 9.83. The van der Waals surface area contributed by atoms with Crippen molar-refractivity contribution in [3.8, 4) is 0 Å². The Labute approximate surface area is 112 Å². The van der Waals surface area contributed by atoms with E-state index in [0.29, 0.717) is 13.2 Å². The van der Waals surface area contributed by atoms with Crippen LogP contribution in [0.3, 0.4) is 0 Å². The quantitative estimate of drug-likeness (QED) is 0.597. The normalized spacial score (nSPS) is 12.0. The number of H-pyrrole nitrogens is 1. The lowest BCUT2D eigenvalue weighted by Crippen LogP contribution is -2.39. The molecule has 1 aromatic rings. The molecule has 8 nitrogen and oxygen atoms in total. The Morgan fingerprint density at radius 1 is 1.58 bits per heavy atom. The second-order valence-corrected chi connectivity index (χ2v) is 4.94. The van der Waals surface area contributed by atoms with E-state index < -0.39 is 5.91 Å². The van der Waals surface area contributed by atoms with Crippen molar-refractivity contribution in [2.75, 3.05) is 20.3 Å². The van der Waals surface area contributed by atoms with Gasteiger partial charge in [0, 0.05) is 7.11 Å². The fraction of sp³-hybridized carbons (Fsp3) is 0.636. The van der Waals surface area contributed by atoms with Gasteiger partial charge in [0.1, 0.15) is 0 Å². The summed E-state index contributed by atoms with van der Waals surface area (Å²) in [5.41, 5.74) is 5.11. The van der Waals surface area contributed by atoms with Crippen molar-refractivity contribution in [3.63, 3.8) is 0 Å². The number of methoxy groups -OCH3 is 1. The van der Waals surface area contributed by atoms with Crippen LogP contribution in [0.25, 0.3) is 0 Å². The fourth-order valence-corrected chi connectivity index (χ4v) is 1.33. The maximum atomic E-state index is 11.1. The summed E-state index contributed by atoms with van der Waals surface area (Å²) < 4.78 is 5.03. The topological polar surface area (TPSA) is 109 Å². The zero-order valence-corrected chi connectivity index (χ0v) is 11.7. The molecule has 0 aliphatic rings. The number of aromatic nitrogens is 2. The molecule has 19 heavy (non-hydrogen) atoms. The molecule has 3 N–H and O–H groups in total. The van der Waals surface area contributed by atoms with Crippen LogP contribution in [0.4, 0.5) is 5.82 Å². The summed E-state index contributed by atoms with van der Waals surface area (Å²) in [6.07, 6.45) is 1.35. The monoisotopic (exact) mass is 268 g/mol. The number of ether oxygens (including phenoxy) is 1. The van der Waals surface area contributed by atoms with Gasteiger partial charge in [0.2, 0.25) is 5.82 Å². The van der Waals surface area contributed by atoms with Crippen molar-refractivity contribution in [1.29, 1.82) is 0 Å². The Bertz CT molecular complexity index is 448. The molecule has 0 saturated heterocycles. The van der Waals surface area contributed by atoms with Crippen molar-refractivity contribution in [2.24, 2.45) is 16.1 Å². The summed E-state index contributed by atoms with van der Waals surface area (Å²) in [7, 11) is 1.62. The van der Waals surface area contributed by atoms with Gasteiger partial charge >= 0.3 is 0 Å². The van der Waals surface area contributed by atoms with Gasteiger partial charge in [-0.15, -0.1) is 5.11 Å². The van der Waals surface area contributed by atoms with Gasteiger partial charge in [-0.3, -0.25) is 9.80 Å². The molecule has 1 heterocycles. The van der Waals surface area contributed by atoms with Gasteiger partial charge in [-0.1, -0.05) is 5.22 Å². The minimum Gasteiger partial charge on any atom is -0.383 e. The highest BCUT2D eigenvalue weighted by Crippen LogP contribution is 2.18. The number of rotatable bonds is 6. The maximum Gasteiger partial charge on any atom is 0.269 e. The van der Waals surface area contributed by atoms with E-state index in [1.165, 1.54) is 6.33 Å². The van der Waals surface area contributed by atoms with E-state index in [9.17, 15) is 4.79 Å². The summed E-state index contributed by atoms with van der Waals surface area (Å²) in [6.45, 7) is 7.11. The highest BCUT2D eigenvalue weighted by atomic mass is 16.5. The molecule has 0 aromatic carbocycles. The largest absolute Gasteiger partial charge is 0.383 e. The molecule has 0 saturated carbocycles. The Morgan fingerprint density at radius 2 is 2.26 bits per heavy atom. The molecule has 8 heteroatoms. The Balaban J connectivity index is 2.86. The number of imidazole rings is 1. The first-order chi connectivity index (χ1) is 8.86. The second-order valence-electron chi connectivity index (χ2n) is 4.94. The van der Waals surface area contributed by atoms with Crippen LogP contribution in [-0.4, -0.2) is 46.7 Å². The lowest BCUT2D eigenvalue weighted by molar-refractivity contribution is 0.0827. The molecular weight excluding hydrogens is 248 g/mol. The van der Waals surface area contributed by atoms with Crippen LogP contribution in [0.1, 0.15) is 31.3 Å². The summed E-state index contributed by atoms with van der Waals surface area (Å²) in [6, 6.07) is 0. The van der Waals surface area contributed by atoms with Gasteiger partial charge in [0.15, 0.2) is 5.69 Å². The average molecular weight is 268 g/mol. The number of carbonyl (C=O) groups is 1. The van der Waals surface area contributed by atoms with E-state index >= 15 is 0 Å². The molecule has 106 valence electrons. The van der Waals surface area contributed by atoms with Gasteiger partial charge in [0.05, 0.1) is 25.0 Å². The minimum absolute atomic E-state index is 0.143. The second kappa shape index (κ2) is 6.28. The highest BCUT2D eigenvalue weighted by Gasteiger charge is 2.20. The molecule has 0 bridgehead atoms. The lowest BCUT2D eigenvalue weighted by atomic mass is 10.1. The first-order valence-electron chi connectivity index (χ1n) is 5.87. The Hall–Kier alpha value is -1.96. The Morgan fingerprint density at radius 3 is 2.79 bits per heavy atom. The first-order valence-corrected chi connectivity index (χ1v) is 5.87. The number of hydrogen-bond acceptors (Lipinski definition) is 5. The van der Waals surface area contributed by atoms with Crippen molar-refractivity contribution in [2.45, 2.75) is 26.3 Å². The molecule has 1 rings (SSSR count).